The first-order chi connectivity index (χ1) is 11.7. The first-order valence-corrected chi connectivity index (χ1v) is 7.74. The number of hydrogen-bond donors (Lipinski definition) is 0. The zero-order valence-electron chi connectivity index (χ0n) is 13.2. The minimum Gasteiger partial charge on any atom is -0.493 e. The molecule has 0 radical (unpaired) electrons. The Labute approximate surface area is 143 Å². The Morgan fingerprint density at radius 1 is 0.958 bits per heavy atom. The van der Waals surface area contributed by atoms with Gasteiger partial charge >= 0.3 is 0 Å². The molecule has 2 heterocycles. The van der Waals surface area contributed by atoms with E-state index in [9.17, 15) is 0 Å². The fraction of sp³-hybridized carbons (Fsp3) is 0.111. The Bertz CT molecular complexity index is 1060. The van der Waals surface area contributed by atoms with Crippen molar-refractivity contribution in [3.05, 3.63) is 53.8 Å². The van der Waals surface area contributed by atoms with Crippen LogP contribution in [0.3, 0.4) is 0 Å². The number of ether oxygens (including phenoxy) is 2. The minimum absolute atomic E-state index is 0.622. The Balaban J connectivity index is 2.02. The van der Waals surface area contributed by atoms with Crippen LogP contribution in [-0.4, -0.2) is 29.0 Å². The molecule has 0 saturated carbocycles. The van der Waals surface area contributed by atoms with Crippen LogP contribution in [0, 0.1) is 0 Å². The van der Waals surface area contributed by atoms with Crippen molar-refractivity contribution in [2.45, 2.75) is 0 Å². The minimum atomic E-state index is 0.622. The number of fused-ring (bicyclic) bond motifs is 3. The van der Waals surface area contributed by atoms with Gasteiger partial charge in [0.15, 0.2) is 17.1 Å². The zero-order chi connectivity index (χ0) is 16.7. The molecule has 0 amide bonds. The first-order valence-electron chi connectivity index (χ1n) is 7.36. The summed E-state index contributed by atoms with van der Waals surface area (Å²) in [6, 6.07) is 11.4. The fourth-order valence-electron chi connectivity index (χ4n) is 2.82. The average Bonchev–Trinajstić information content (AvgIpc) is 3.05. The van der Waals surface area contributed by atoms with Crippen molar-refractivity contribution in [3.63, 3.8) is 0 Å². The number of benzene rings is 2. The smallest absolute Gasteiger partial charge is 0.163 e. The van der Waals surface area contributed by atoms with Crippen molar-refractivity contribution < 1.29 is 9.47 Å². The molecular weight excluding hydrogens is 326 g/mol. The second kappa shape index (κ2) is 5.69. The largest absolute Gasteiger partial charge is 0.493 e. The molecule has 120 valence electrons. The molecule has 4 aromatic rings. The van der Waals surface area contributed by atoms with Gasteiger partial charge in [-0.2, -0.15) is 5.10 Å². The van der Waals surface area contributed by atoms with E-state index in [4.69, 9.17) is 21.1 Å². The molecule has 0 spiro atoms. The number of aromatic nitrogens is 3. The maximum absolute atomic E-state index is 6.30. The molecule has 0 N–H and O–H groups in total. The third-order valence-electron chi connectivity index (χ3n) is 4.00. The first kappa shape index (κ1) is 14.8. The monoisotopic (exact) mass is 339 g/mol. The maximum atomic E-state index is 6.30. The third kappa shape index (κ3) is 2.17. The number of rotatable bonds is 3. The van der Waals surface area contributed by atoms with E-state index < -0.39 is 0 Å². The summed E-state index contributed by atoms with van der Waals surface area (Å²) in [5.41, 5.74) is 1.53. The SMILES string of the molecule is COc1cc2cnc3c(cnn3-c3ccccc3Cl)c2cc1OC. The molecule has 0 aliphatic carbocycles. The van der Waals surface area contributed by atoms with Gasteiger partial charge in [-0.1, -0.05) is 23.7 Å². The fourth-order valence-corrected chi connectivity index (χ4v) is 3.04. The topological polar surface area (TPSA) is 49.2 Å². The lowest BCUT2D eigenvalue weighted by Crippen LogP contribution is -1.98. The van der Waals surface area contributed by atoms with E-state index in [1.54, 1.807) is 31.3 Å². The highest BCUT2D eigenvalue weighted by Gasteiger charge is 2.14. The van der Waals surface area contributed by atoms with Crippen molar-refractivity contribution in [1.82, 2.24) is 14.8 Å². The Hall–Kier alpha value is -2.79. The summed E-state index contributed by atoms with van der Waals surface area (Å²) >= 11 is 6.30. The van der Waals surface area contributed by atoms with Crippen molar-refractivity contribution in [2.24, 2.45) is 0 Å². The highest BCUT2D eigenvalue weighted by molar-refractivity contribution is 6.32. The summed E-state index contributed by atoms with van der Waals surface area (Å²) in [5, 5.41) is 7.97. The Morgan fingerprint density at radius 2 is 1.71 bits per heavy atom. The normalized spacial score (nSPS) is 11.1. The van der Waals surface area contributed by atoms with Gasteiger partial charge in [0.2, 0.25) is 0 Å². The highest BCUT2D eigenvalue weighted by atomic mass is 35.5. The van der Waals surface area contributed by atoms with E-state index in [1.165, 1.54) is 0 Å². The molecule has 4 rings (SSSR count). The van der Waals surface area contributed by atoms with Gasteiger partial charge in [0.1, 0.15) is 0 Å². The summed E-state index contributed by atoms with van der Waals surface area (Å²) in [6.45, 7) is 0. The van der Waals surface area contributed by atoms with Crippen LogP contribution in [0.4, 0.5) is 0 Å². The van der Waals surface area contributed by atoms with Gasteiger partial charge in [-0.15, -0.1) is 0 Å². The number of hydrogen-bond acceptors (Lipinski definition) is 4. The maximum Gasteiger partial charge on any atom is 0.163 e. The van der Waals surface area contributed by atoms with Gasteiger partial charge in [-0.25, -0.2) is 9.67 Å². The zero-order valence-corrected chi connectivity index (χ0v) is 13.9. The predicted octanol–water partition coefficient (Wildman–Crippen LogP) is 4.24. The second-order valence-electron chi connectivity index (χ2n) is 5.30. The van der Waals surface area contributed by atoms with Crippen LogP contribution >= 0.6 is 11.6 Å². The van der Waals surface area contributed by atoms with Crippen LogP contribution in [0.5, 0.6) is 11.5 Å². The number of pyridine rings is 1. The summed E-state index contributed by atoms with van der Waals surface area (Å²) in [6.07, 6.45) is 3.59. The quantitative estimate of drug-likeness (QED) is 0.560. The molecule has 2 aromatic heterocycles. The van der Waals surface area contributed by atoms with Crippen LogP contribution in [-0.2, 0) is 0 Å². The molecule has 0 aliphatic rings. The van der Waals surface area contributed by atoms with Gasteiger partial charge in [0, 0.05) is 17.0 Å². The van der Waals surface area contributed by atoms with E-state index in [0.29, 0.717) is 16.5 Å². The second-order valence-corrected chi connectivity index (χ2v) is 5.70. The highest BCUT2D eigenvalue weighted by Crippen LogP contribution is 2.35. The van der Waals surface area contributed by atoms with Crippen molar-refractivity contribution in [2.75, 3.05) is 14.2 Å². The van der Waals surface area contributed by atoms with Crippen LogP contribution in [0.15, 0.2) is 48.8 Å². The average molecular weight is 340 g/mol. The summed E-state index contributed by atoms with van der Waals surface area (Å²) in [5.74, 6) is 1.34. The number of methoxy groups -OCH3 is 2. The summed E-state index contributed by atoms with van der Waals surface area (Å²) < 4.78 is 12.5. The molecule has 0 aliphatic heterocycles. The molecule has 2 aromatic carbocycles. The van der Waals surface area contributed by atoms with E-state index >= 15 is 0 Å². The molecule has 0 atom stereocenters. The van der Waals surface area contributed by atoms with Gasteiger partial charge in [-0.05, 0) is 29.7 Å². The molecule has 0 bridgehead atoms. The van der Waals surface area contributed by atoms with Crippen LogP contribution < -0.4 is 9.47 Å². The molecular formula is C18H14ClN3O2. The lowest BCUT2D eigenvalue weighted by Gasteiger charge is -2.10. The molecule has 0 fully saturated rings. The number of para-hydroxylation sites is 1. The molecule has 5 nitrogen and oxygen atoms in total. The van der Waals surface area contributed by atoms with Gasteiger partial charge in [0.25, 0.3) is 0 Å². The Morgan fingerprint density at radius 3 is 2.46 bits per heavy atom. The van der Waals surface area contributed by atoms with Crippen molar-refractivity contribution in [3.8, 4) is 17.2 Å². The standard InChI is InChI=1S/C18H14ClN3O2/c1-23-16-7-11-9-20-18-13(12(11)8-17(16)24-2)10-21-22(18)15-6-4-3-5-14(15)19/h3-10H,1-2H3. The predicted molar refractivity (Wildman–Crippen MR) is 94.5 cm³/mol. The van der Waals surface area contributed by atoms with Crippen LogP contribution in [0.25, 0.3) is 27.5 Å². The lowest BCUT2D eigenvalue weighted by molar-refractivity contribution is 0.356. The lowest BCUT2D eigenvalue weighted by atomic mass is 10.1. The number of halogens is 1. The van der Waals surface area contributed by atoms with Crippen LogP contribution in [0.2, 0.25) is 5.02 Å². The van der Waals surface area contributed by atoms with E-state index in [2.05, 4.69) is 10.1 Å². The van der Waals surface area contributed by atoms with E-state index in [0.717, 1.165) is 27.5 Å². The number of nitrogens with zero attached hydrogens (tertiary/aromatic N) is 3. The summed E-state index contributed by atoms with van der Waals surface area (Å²) in [4.78, 5) is 4.56. The molecule has 0 unspecified atom stereocenters. The third-order valence-corrected chi connectivity index (χ3v) is 4.32. The van der Waals surface area contributed by atoms with E-state index in [1.807, 2.05) is 36.4 Å². The summed E-state index contributed by atoms with van der Waals surface area (Å²) in [7, 11) is 3.24. The van der Waals surface area contributed by atoms with Crippen molar-refractivity contribution >= 4 is 33.4 Å². The van der Waals surface area contributed by atoms with Crippen LogP contribution in [0.1, 0.15) is 0 Å². The van der Waals surface area contributed by atoms with E-state index in [-0.39, 0.29) is 0 Å². The molecule has 6 heteroatoms. The van der Waals surface area contributed by atoms with Gasteiger partial charge in [-0.3, -0.25) is 0 Å². The molecule has 24 heavy (non-hydrogen) atoms. The Kier molecular flexibility index (Phi) is 3.50. The van der Waals surface area contributed by atoms with Gasteiger partial charge < -0.3 is 9.47 Å². The van der Waals surface area contributed by atoms with Crippen molar-refractivity contribution in [1.29, 1.82) is 0 Å². The molecule has 0 saturated heterocycles. The van der Waals surface area contributed by atoms with Gasteiger partial charge in [0.05, 0.1) is 31.1 Å².